The van der Waals surface area contributed by atoms with Crippen LogP contribution in [0.5, 0.6) is 0 Å². The Hall–Kier alpha value is -2.73. The number of nitrogens with zero attached hydrogens (tertiary/aromatic N) is 2. The third-order valence-electron chi connectivity index (χ3n) is 3.16. The van der Waals surface area contributed by atoms with E-state index in [1.165, 1.54) is 18.2 Å². The monoisotopic (exact) mass is 330 g/mol. The highest BCUT2D eigenvalue weighted by atomic mass is 35.5. The van der Waals surface area contributed by atoms with E-state index in [9.17, 15) is 9.18 Å². The molecule has 0 amide bonds. The maximum Gasteiger partial charge on any atom is 0.274 e. The summed E-state index contributed by atoms with van der Waals surface area (Å²) in [7, 11) is 0. The SMILES string of the molecule is O=c1[nH]c(Nc2ccc(F)c(Cl)c2)nnc1Cc1ccccc1. The fourth-order valence-electron chi connectivity index (χ4n) is 2.03. The molecule has 3 rings (SSSR count). The molecule has 0 spiro atoms. The molecule has 0 aliphatic rings. The van der Waals surface area contributed by atoms with Gasteiger partial charge in [0.05, 0.1) is 5.02 Å². The molecule has 23 heavy (non-hydrogen) atoms. The molecule has 3 aromatic rings. The standard InChI is InChI=1S/C16H12ClFN4O/c17-12-9-11(6-7-13(12)18)19-16-20-15(23)14(21-22-16)8-10-4-2-1-3-5-10/h1-7,9H,8H2,(H2,19,20,22,23). The molecule has 2 aromatic carbocycles. The Morgan fingerprint density at radius 3 is 2.61 bits per heavy atom. The van der Waals surface area contributed by atoms with E-state index < -0.39 is 5.82 Å². The van der Waals surface area contributed by atoms with Crippen LogP contribution in [0, 0.1) is 5.82 Å². The summed E-state index contributed by atoms with van der Waals surface area (Å²) in [6.45, 7) is 0. The number of rotatable bonds is 4. The molecule has 7 heteroatoms. The second kappa shape index (κ2) is 6.58. The van der Waals surface area contributed by atoms with Gasteiger partial charge in [0.1, 0.15) is 11.5 Å². The van der Waals surface area contributed by atoms with Gasteiger partial charge in [0.2, 0.25) is 5.95 Å². The Morgan fingerprint density at radius 2 is 1.91 bits per heavy atom. The van der Waals surface area contributed by atoms with Crippen LogP contribution in [0.4, 0.5) is 16.0 Å². The second-order valence-corrected chi connectivity index (χ2v) is 5.27. The Balaban J connectivity index is 1.79. The van der Waals surface area contributed by atoms with Gasteiger partial charge in [-0.1, -0.05) is 41.9 Å². The van der Waals surface area contributed by atoms with Crippen molar-refractivity contribution in [1.82, 2.24) is 15.2 Å². The summed E-state index contributed by atoms with van der Waals surface area (Å²) in [6, 6.07) is 13.6. The average Bonchev–Trinajstić information content (AvgIpc) is 2.55. The lowest BCUT2D eigenvalue weighted by Gasteiger charge is -2.06. The maximum absolute atomic E-state index is 13.1. The van der Waals surface area contributed by atoms with Crippen LogP contribution in [-0.2, 0) is 6.42 Å². The molecule has 0 aliphatic heterocycles. The van der Waals surface area contributed by atoms with Crippen LogP contribution in [0.15, 0.2) is 53.3 Å². The van der Waals surface area contributed by atoms with E-state index in [0.29, 0.717) is 17.8 Å². The molecule has 1 aromatic heterocycles. The third-order valence-corrected chi connectivity index (χ3v) is 3.45. The summed E-state index contributed by atoms with van der Waals surface area (Å²) < 4.78 is 13.1. The summed E-state index contributed by atoms with van der Waals surface area (Å²) in [4.78, 5) is 14.7. The van der Waals surface area contributed by atoms with Crippen molar-refractivity contribution in [2.45, 2.75) is 6.42 Å². The van der Waals surface area contributed by atoms with Gasteiger partial charge in [0.25, 0.3) is 5.56 Å². The van der Waals surface area contributed by atoms with Gasteiger partial charge >= 0.3 is 0 Å². The summed E-state index contributed by atoms with van der Waals surface area (Å²) in [5, 5.41) is 10.7. The van der Waals surface area contributed by atoms with Crippen LogP contribution < -0.4 is 10.9 Å². The van der Waals surface area contributed by atoms with Gasteiger partial charge in [-0.05, 0) is 23.8 Å². The Labute approximate surface area is 136 Å². The van der Waals surface area contributed by atoms with Crippen molar-refractivity contribution in [2.75, 3.05) is 5.32 Å². The molecule has 0 fully saturated rings. The van der Waals surface area contributed by atoms with E-state index in [4.69, 9.17) is 11.6 Å². The van der Waals surface area contributed by atoms with Crippen molar-refractivity contribution in [3.63, 3.8) is 0 Å². The number of benzene rings is 2. The predicted molar refractivity (Wildman–Crippen MR) is 86.6 cm³/mol. The maximum atomic E-state index is 13.1. The minimum atomic E-state index is -0.519. The molecule has 0 bridgehead atoms. The van der Waals surface area contributed by atoms with Gasteiger partial charge in [0, 0.05) is 12.1 Å². The van der Waals surface area contributed by atoms with Gasteiger partial charge in [-0.3, -0.25) is 9.78 Å². The lowest BCUT2D eigenvalue weighted by molar-refractivity contribution is 0.628. The summed E-state index contributed by atoms with van der Waals surface area (Å²) in [6.07, 6.45) is 0.395. The number of anilines is 2. The van der Waals surface area contributed by atoms with Gasteiger partial charge in [-0.15, -0.1) is 10.2 Å². The topological polar surface area (TPSA) is 70.7 Å². The molecule has 2 N–H and O–H groups in total. The van der Waals surface area contributed by atoms with Crippen molar-refractivity contribution < 1.29 is 4.39 Å². The van der Waals surface area contributed by atoms with Crippen LogP contribution in [0.25, 0.3) is 0 Å². The summed E-state index contributed by atoms with van der Waals surface area (Å²) in [5.74, 6) is -0.357. The van der Waals surface area contributed by atoms with Gasteiger partial charge in [-0.2, -0.15) is 0 Å². The van der Waals surface area contributed by atoms with Crippen LogP contribution >= 0.6 is 11.6 Å². The number of hydrogen-bond donors (Lipinski definition) is 2. The number of H-pyrrole nitrogens is 1. The quantitative estimate of drug-likeness (QED) is 0.770. The molecule has 1 heterocycles. The van der Waals surface area contributed by atoms with Crippen molar-refractivity contribution in [1.29, 1.82) is 0 Å². The first-order valence-corrected chi connectivity index (χ1v) is 7.21. The van der Waals surface area contributed by atoms with E-state index >= 15 is 0 Å². The van der Waals surface area contributed by atoms with Crippen LogP contribution in [0.3, 0.4) is 0 Å². The third kappa shape index (κ3) is 3.73. The lowest BCUT2D eigenvalue weighted by Crippen LogP contribution is -2.18. The molecule has 0 atom stereocenters. The number of aromatic amines is 1. The highest BCUT2D eigenvalue weighted by Gasteiger charge is 2.07. The fourth-order valence-corrected chi connectivity index (χ4v) is 2.21. The Bertz CT molecular complexity index is 883. The minimum Gasteiger partial charge on any atom is -0.324 e. The second-order valence-electron chi connectivity index (χ2n) is 4.87. The van der Waals surface area contributed by atoms with E-state index in [0.717, 1.165) is 5.56 Å². The van der Waals surface area contributed by atoms with Crippen LogP contribution in [0.2, 0.25) is 5.02 Å². The van der Waals surface area contributed by atoms with Crippen molar-refractivity contribution in [2.24, 2.45) is 0 Å². The lowest BCUT2D eigenvalue weighted by atomic mass is 10.1. The summed E-state index contributed by atoms with van der Waals surface area (Å²) in [5.41, 5.74) is 1.45. The molecular formula is C16H12ClFN4O. The van der Waals surface area contributed by atoms with Gasteiger partial charge in [0.15, 0.2) is 0 Å². The molecule has 0 aliphatic carbocycles. The smallest absolute Gasteiger partial charge is 0.274 e. The van der Waals surface area contributed by atoms with E-state index in [-0.39, 0.29) is 16.5 Å². The first kappa shape index (κ1) is 15.2. The molecule has 0 unspecified atom stereocenters. The normalized spacial score (nSPS) is 10.5. The zero-order valence-electron chi connectivity index (χ0n) is 11.9. The zero-order chi connectivity index (χ0) is 16.2. The Kier molecular flexibility index (Phi) is 4.34. The van der Waals surface area contributed by atoms with E-state index in [2.05, 4.69) is 20.5 Å². The van der Waals surface area contributed by atoms with Crippen LogP contribution in [0.1, 0.15) is 11.3 Å². The minimum absolute atomic E-state index is 0.0222. The van der Waals surface area contributed by atoms with E-state index in [1.807, 2.05) is 30.3 Å². The molecule has 0 saturated carbocycles. The number of aromatic nitrogens is 3. The molecule has 0 saturated heterocycles. The first-order chi connectivity index (χ1) is 11.1. The summed E-state index contributed by atoms with van der Waals surface area (Å²) >= 11 is 5.70. The van der Waals surface area contributed by atoms with Crippen LogP contribution in [-0.4, -0.2) is 15.2 Å². The molecule has 0 radical (unpaired) electrons. The largest absolute Gasteiger partial charge is 0.324 e. The highest BCUT2D eigenvalue weighted by molar-refractivity contribution is 6.31. The Morgan fingerprint density at radius 1 is 1.13 bits per heavy atom. The molecule has 5 nitrogen and oxygen atoms in total. The fraction of sp³-hybridized carbons (Fsp3) is 0.0625. The van der Waals surface area contributed by atoms with Gasteiger partial charge < -0.3 is 5.32 Å². The average molecular weight is 331 g/mol. The molecule has 116 valence electrons. The number of hydrogen-bond acceptors (Lipinski definition) is 4. The van der Waals surface area contributed by atoms with Crippen molar-refractivity contribution >= 4 is 23.2 Å². The first-order valence-electron chi connectivity index (χ1n) is 6.84. The van der Waals surface area contributed by atoms with Gasteiger partial charge in [-0.25, -0.2) is 4.39 Å². The van der Waals surface area contributed by atoms with Crippen molar-refractivity contribution in [3.05, 3.63) is 81.0 Å². The number of halogens is 2. The highest BCUT2D eigenvalue weighted by Crippen LogP contribution is 2.20. The zero-order valence-corrected chi connectivity index (χ0v) is 12.6. The van der Waals surface area contributed by atoms with Crippen molar-refractivity contribution in [3.8, 4) is 0 Å². The van der Waals surface area contributed by atoms with E-state index in [1.54, 1.807) is 0 Å². The number of nitrogens with one attached hydrogen (secondary N) is 2. The molecular weight excluding hydrogens is 319 g/mol. The predicted octanol–water partition coefficient (Wildman–Crippen LogP) is 3.29.